The van der Waals surface area contributed by atoms with Gasteiger partial charge in [-0.25, -0.2) is 13.4 Å². The third kappa shape index (κ3) is 2.39. The Hall–Kier alpha value is -2.35. The third-order valence-corrected chi connectivity index (χ3v) is 6.17. The summed E-state index contributed by atoms with van der Waals surface area (Å²) in [4.78, 5) is 4.44. The molecular formula is C15H19N5O2S. The van der Waals surface area contributed by atoms with Gasteiger partial charge in [-0.2, -0.15) is 4.52 Å². The highest BCUT2D eigenvalue weighted by molar-refractivity contribution is 7.92. The molecule has 2 aromatic heterocycles. The minimum absolute atomic E-state index is 0.0900. The van der Waals surface area contributed by atoms with E-state index in [1.165, 1.54) is 4.52 Å². The van der Waals surface area contributed by atoms with E-state index in [4.69, 9.17) is 5.73 Å². The number of hydrogen-bond donors (Lipinski definition) is 2. The number of sulfone groups is 1. The second kappa shape index (κ2) is 5.38. The van der Waals surface area contributed by atoms with E-state index < -0.39 is 15.1 Å². The number of aryl methyl sites for hydroxylation is 1. The lowest BCUT2D eigenvalue weighted by atomic mass is 10.0. The summed E-state index contributed by atoms with van der Waals surface area (Å²) in [5.41, 5.74) is 6.85. The highest BCUT2D eigenvalue weighted by Gasteiger charge is 2.36. The predicted octanol–water partition coefficient (Wildman–Crippen LogP) is 1.57. The van der Waals surface area contributed by atoms with Gasteiger partial charge < -0.3 is 11.1 Å². The number of hydrogen-bond acceptors (Lipinski definition) is 6. The molecule has 122 valence electrons. The molecule has 0 saturated carbocycles. The monoisotopic (exact) mass is 333 g/mol. The number of rotatable bonds is 3. The smallest absolute Gasteiger partial charge is 0.192 e. The molecule has 3 N–H and O–H groups in total. The van der Waals surface area contributed by atoms with Crippen molar-refractivity contribution in [2.24, 2.45) is 5.92 Å². The fourth-order valence-electron chi connectivity index (χ4n) is 2.79. The number of fused-ring (bicyclic) bond motifs is 1. The third-order valence-electron chi connectivity index (χ3n) is 3.93. The Morgan fingerprint density at radius 3 is 2.65 bits per heavy atom. The summed E-state index contributed by atoms with van der Waals surface area (Å²) in [6, 6.07) is 1.65. The standard InChI is InChI=1S/C15H19N5O2S/c1-9-6-4-5-7-11(9)23(21,22)13-14(17-3)19-20-12(16)8-10(2)18-15(13)20/h4-9,11H,16H2,1-3H3,(H,17,19). The molecule has 2 unspecified atom stereocenters. The van der Waals surface area contributed by atoms with Crippen LogP contribution in [0.2, 0.25) is 0 Å². The van der Waals surface area contributed by atoms with Crippen LogP contribution in [0.1, 0.15) is 12.6 Å². The zero-order valence-corrected chi connectivity index (χ0v) is 14.0. The molecule has 2 heterocycles. The minimum Gasteiger partial charge on any atom is -0.384 e. The molecule has 0 amide bonds. The second-order valence-corrected chi connectivity index (χ2v) is 7.67. The number of allylic oxidation sites excluding steroid dienone is 3. The van der Waals surface area contributed by atoms with Crippen LogP contribution in [-0.2, 0) is 9.84 Å². The van der Waals surface area contributed by atoms with E-state index >= 15 is 0 Å². The Morgan fingerprint density at radius 2 is 2.00 bits per heavy atom. The average molecular weight is 333 g/mol. The first-order valence-corrected chi connectivity index (χ1v) is 8.83. The first kappa shape index (κ1) is 15.5. The van der Waals surface area contributed by atoms with Crippen LogP contribution in [0.25, 0.3) is 5.65 Å². The molecule has 23 heavy (non-hydrogen) atoms. The number of nitrogens with two attached hydrogens (primary N) is 1. The fourth-order valence-corrected chi connectivity index (χ4v) is 4.82. The van der Waals surface area contributed by atoms with Crippen LogP contribution >= 0.6 is 0 Å². The molecule has 0 aromatic carbocycles. The van der Waals surface area contributed by atoms with Crippen molar-refractivity contribution >= 4 is 27.1 Å². The van der Waals surface area contributed by atoms with Gasteiger partial charge in [-0.15, -0.1) is 5.10 Å². The Balaban J connectivity index is 2.30. The molecule has 0 saturated heterocycles. The summed E-state index contributed by atoms with van der Waals surface area (Å²) in [5, 5.41) is 6.44. The van der Waals surface area contributed by atoms with Crippen LogP contribution in [0.15, 0.2) is 35.3 Å². The van der Waals surface area contributed by atoms with Gasteiger partial charge in [0.2, 0.25) is 0 Å². The van der Waals surface area contributed by atoms with Crippen LogP contribution in [0.5, 0.6) is 0 Å². The second-order valence-electron chi connectivity index (χ2n) is 5.62. The van der Waals surface area contributed by atoms with Gasteiger partial charge in [0.25, 0.3) is 0 Å². The molecule has 0 radical (unpaired) electrons. The molecule has 1 aliphatic carbocycles. The summed E-state index contributed by atoms with van der Waals surface area (Å²) in [7, 11) is -2.04. The van der Waals surface area contributed by atoms with Crippen molar-refractivity contribution in [3.05, 3.63) is 36.1 Å². The molecule has 0 aliphatic heterocycles. The van der Waals surface area contributed by atoms with E-state index in [1.807, 2.05) is 19.1 Å². The highest BCUT2D eigenvalue weighted by Crippen LogP contribution is 2.33. The fraction of sp³-hybridized carbons (Fsp3) is 0.333. The number of aromatic nitrogens is 3. The van der Waals surface area contributed by atoms with Gasteiger partial charge in [0.15, 0.2) is 26.2 Å². The Kier molecular flexibility index (Phi) is 3.63. The van der Waals surface area contributed by atoms with E-state index in [-0.39, 0.29) is 22.3 Å². The van der Waals surface area contributed by atoms with Crippen LogP contribution in [-0.4, -0.2) is 35.3 Å². The zero-order valence-electron chi connectivity index (χ0n) is 13.2. The lowest BCUT2D eigenvalue weighted by molar-refractivity contribution is 0.573. The lowest BCUT2D eigenvalue weighted by Crippen LogP contribution is -2.27. The molecule has 1 aliphatic rings. The first-order chi connectivity index (χ1) is 10.9. The van der Waals surface area contributed by atoms with Crippen molar-refractivity contribution in [1.82, 2.24) is 14.6 Å². The molecule has 0 bridgehead atoms. The molecule has 0 spiro atoms. The van der Waals surface area contributed by atoms with Crippen molar-refractivity contribution in [2.75, 3.05) is 18.1 Å². The molecule has 3 rings (SSSR count). The van der Waals surface area contributed by atoms with E-state index in [2.05, 4.69) is 15.4 Å². The number of nitrogens with zero attached hydrogens (tertiary/aromatic N) is 3. The van der Waals surface area contributed by atoms with Gasteiger partial charge in [0.1, 0.15) is 5.82 Å². The van der Waals surface area contributed by atoms with Gasteiger partial charge in [-0.05, 0) is 12.8 Å². The van der Waals surface area contributed by atoms with Crippen LogP contribution in [0, 0.1) is 12.8 Å². The summed E-state index contributed by atoms with van der Waals surface area (Å²) in [5.74, 6) is 0.467. The van der Waals surface area contributed by atoms with Crippen molar-refractivity contribution in [3.8, 4) is 0 Å². The van der Waals surface area contributed by atoms with E-state index in [0.29, 0.717) is 11.5 Å². The Labute approximate surface area is 134 Å². The largest absolute Gasteiger partial charge is 0.384 e. The molecule has 8 heteroatoms. The molecule has 2 aromatic rings. The molecule has 7 nitrogen and oxygen atoms in total. The molecule has 2 atom stereocenters. The first-order valence-electron chi connectivity index (χ1n) is 7.28. The van der Waals surface area contributed by atoms with Gasteiger partial charge in [-0.1, -0.05) is 31.2 Å². The Bertz CT molecular complexity index is 927. The van der Waals surface area contributed by atoms with E-state index in [1.54, 1.807) is 32.2 Å². The normalized spacial score (nSPS) is 21.0. The van der Waals surface area contributed by atoms with E-state index in [9.17, 15) is 8.42 Å². The maximum absolute atomic E-state index is 13.2. The minimum atomic E-state index is -3.67. The van der Waals surface area contributed by atoms with Crippen molar-refractivity contribution < 1.29 is 8.42 Å². The molecule has 0 fully saturated rings. The van der Waals surface area contributed by atoms with Gasteiger partial charge in [0, 0.05) is 18.8 Å². The average Bonchev–Trinajstić information content (AvgIpc) is 2.87. The number of nitrogens with one attached hydrogen (secondary N) is 1. The summed E-state index contributed by atoms with van der Waals surface area (Å²) >= 11 is 0. The summed E-state index contributed by atoms with van der Waals surface area (Å²) in [6.45, 7) is 3.64. The Morgan fingerprint density at radius 1 is 1.30 bits per heavy atom. The van der Waals surface area contributed by atoms with Gasteiger partial charge in [-0.3, -0.25) is 0 Å². The van der Waals surface area contributed by atoms with Crippen LogP contribution in [0.3, 0.4) is 0 Å². The topological polar surface area (TPSA) is 102 Å². The molecular weight excluding hydrogens is 314 g/mol. The number of nitrogen functional groups attached to an aromatic ring is 1. The summed E-state index contributed by atoms with van der Waals surface area (Å²) in [6.07, 6.45) is 7.17. The maximum Gasteiger partial charge on any atom is 0.192 e. The quantitative estimate of drug-likeness (QED) is 0.884. The van der Waals surface area contributed by atoms with E-state index in [0.717, 1.165) is 0 Å². The predicted molar refractivity (Wildman–Crippen MR) is 90.1 cm³/mol. The van der Waals surface area contributed by atoms with Gasteiger partial charge in [0.05, 0.1) is 5.25 Å². The highest BCUT2D eigenvalue weighted by atomic mass is 32.2. The summed E-state index contributed by atoms with van der Waals surface area (Å²) < 4.78 is 27.8. The van der Waals surface area contributed by atoms with Crippen molar-refractivity contribution in [2.45, 2.75) is 24.0 Å². The van der Waals surface area contributed by atoms with Crippen LogP contribution < -0.4 is 11.1 Å². The maximum atomic E-state index is 13.2. The zero-order chi connectivity index (χ0) is 16.8. The van der Waals surface area contributed by atoms with Crippen LogP contribution in [0.4, 0.5) is 11.6 Å². The van der Waals surface area contributed by atoms with Crippen molar-refractivity contribution in [1.29, 1.82) is 0 Å². The SMILES string of the molecule is CNc1nn2c(N)cc(C)nc2c1S(=O)(=O)C1C=CC=CC1C. The lowest BCUT2D eigenvalue weighted by Gasteiger charge is -2.20. The van der Waals surface area contributed by atoms with Crippen molar-refractivity contribution in [3.63, 3.8) is 0 Å². The van der Waals surface area contributed by atoms with Gasteiger partial charge >= 0.3 is 0 Å². The number of anilines is 2.